The Bertz CT molecular complexity index is 409. The fourth-order valence-electron chi connectivity index (χ4n) is 1.14. The molecule has 2 rings (SSSR count). The second kappa shape index (κ2) is 3.18. The van der Waals surface area contributed by atoms with Crippen LogP contribution in [0, 0.1) is 0 Å². The van der Waals surface area contributed by atoms with Crippen LogP contribution in [0.5, 0.6) is 0 Å². The number of carbonyl (C=O) groups excluding carboxylic acids is 1. The molecule has 0 aromatic carbocycles. The average molecular weight is 173 g/mol. The molecular weight excluding hydrogens is 166 g/mol. The van der Waals surface area contributed by atoms with E-state index in [0.717, 1.165) is 17.5 Å². The van der Waals surface area contributed by atoms with E-state index in [1.54, 1.807) is 24.8 Å². The molecule has 0 aliphatic heterocycles. The van der Waals surface area contributed by atoms with Crippen molar-refractivity contribution in [1.82, 2.24) is 15.0 Å². The first-order valence-electron chi connectivity index (χ1n) is 3.81. The Labute approximate surface area is 74.7 Å². The van der Waals surface area contributed by atoms with E-state index in [0.29, 0.717) is 5.69 Å². The van der Waals surface area contributed by atoms with Crippen LogP contribution in [0.2, 0.25) is 0 Å². The molecule has 2 aromatic heterocycles. The van der Waals surface area contributed by atoms with Crippen molar-refractivity contribution in [1.29, 1.82) is 0 Å². The molecule has 0 spiro atoms. The Morgan fingerprint density at radius 1 is 1.46 bits per heavy atom. The number of rotatable bonds is 2. The van der Waals surface area contributed by atoms with Gasteiger partial charge in [-0.15, -0.1) is 0 Å². The summed E-state index contributed by atoms with van der Waals surface area (Å²) in [6.07, 6.45) is 5.54. The van der Waals surface area contributed by atoms with Crippen LogP contribution < -0.4 is 0 Å². The summed E-state index contributed by atoms with van der Waals surface area (Å²) in [6.45, 7) is 0. The summed E-state index contributed by atoms with van der Waals surface area (Å²) < 4.78 is 0. The van der Waals surface area contributed by atoms with Crippen molar-refractivity contribution in [2.75, 3.05) is 0 Å². The molecule has 64 valence electrons. The fourth-order valence-corrected chi connectivity index (χ4v) is 1.14. The molecule has 0 unspecified atom stereocenters. The first kappa shape index (κ1) is 7.67. The number of pyridine rings is 1. The maximum Gasteiger partial charge on any atom is 0.169 e. The highest BCUT2D eigenvalue weighted by molar-refractivity contribution is 5.83. The summed E-state index contributed by atoms with van der Waals surface area (Å²) in [5, 5.41) is 0. The Morgan fingerprint density at radius 2 is 2.38 bits per heavy atom. The summed E-state index contributed by atoms with van der Waals surface area (Å²) in [4.78, 5) is 21.4. The maximum atomic E-state index is 10.6. The smallest absolute Gasteiger partial charge is 0.169 e. The second-order valence-corrected chi connectivity index (χ2v) is 2.52. The summed E-state index contributed by atoms with van der Waals surface area (Å²) >= 11 is 0. The highest BCUT2D eigenvalue weighted by atomic mass is 16.1. The number of hydrogen-bond acceptors (Lipinski definition) is 3. The van der Waals surface area contributed by atoms with Crippen LogP contribution in [0.15, 0.2) is 30.9 Å². The van der Waals surface area contributed by atoms with Gasteiger partial charge in [0.25, 0.3) is 0 Å². The van der Waals surface area contributed by atoms with Gasteiger partial charge in [-0.3, -0.25) is 9.78 Å². The van der Waals surface area contributed by atoms with Gasteiger partial charge in [-0.1, -0.05) is 0 Å². The predicted octanol–water partition coefficient (Wildman–Crippen LogP) is 1.28. The van der Waals surface area contributed by atoms with E-state index in [4.69, 9.17) is 0 Å². The van der Waals surface area contributed by atoms with Crippen LogP contribution in [0.3, 0.4) is 0 Å². The van der Waals surface area contributed by atoms with E-state index in [1.165, 1.54) is 0 Å². The Kier molecular flexibility index (Phi) is 1.88. The molecule has 0 amide bonds. The number of nitrogens with zero attached hydrogens (tertiary/aromatic N) is 2. The first-order valence-corrected chi connectivity index (χ1v) is 3.81. The molecule has 0 bridgehead atoms. The third kappa shape index (κ3) is 1.33. The number of carbonyl (C=O) groups is 1. The van der Waals surface area contributed by atoms with Crippen molar-refractivity contribution in [3.63, 3.8) is 0 Å². The van der Waals surface area contributed by atoms with E-state index in [9.17, 15) is 4.79 Å². The standard InChI is InChI=1S/C9H7N3O/c13-5-9-7(2-1-3-11-9)8-4-10-6-12-8/h1-6H,(H,10,12). The highest BCUT2D eigenvalue weighted by Gasteiger charge is 2.04. The van der Waals surface area contributed by atoms with Crippen LogP contribution in [0.1, 0.15) is 10.5 Å². The Morgan fingerprint density at radius 3 is 3.08 bits per heavy atom. The molecule has 0 radical (unpaired) electrons. The lowest BCUT2D eigenvalue weighted by Crippen LogP contribution is -1.90. The van der Waals surface area contributed by atoms with Crippen LogP contribution in [-0.2, 0) is 0 Å². The number of H-pyrrole nitrogens is 1. The number of nitrogens with one attached hydrogen (secondary N) is 1. The molecule has 2 heterocycles. The maximum absolute atomic E-state index is 10.6. The fraction of sp³-hybridized carbons (Fsp3) is 0. The van der Waals surface area contributed by atoms with Crippen LogP contribution in [0.25, 0.3) is 11.3 Å². The quantitative estimate of drug-likeness (QED) is 0.696. The molecular formula is C9H7N3O. The molecule has 0 atom stereocenters. The topological polar surface area (TPSA) is 58.6 Å². The first-order chi connectivity index (χ1) is 6.42. The SMILES string of the molecule is O=Cc1ncccc1-c1cnc[nH]1. The summed E-state index contributed by atoms with van der Waals surface area (Å²) in [6, 6.07) is 3.60. The van der Waals surface area contributed by atoms with E-state index in [-0.39, 0.29) is 0 Å². The van der Waals surface area contributed by atoms with Crippen molar-refractivity contribution in [2.45, 2.75) is 0 Å². The van der Waals surface area contributed by atoms with E-state index >= 15 is 0 Å². The molecule has 13 heavy (non-hydrogen) atoms. The lowest BCUT2D eigenvalue weighted by molar-refractivity contribution is 0.111. The number of imidazole rings is 1. The van der Waals surface area contributed by atoms with Gasteiger partial charge in [-0.25, -0.2) is 4.98 Å². The van der Waals surface area contributed by atoms with Gasteiger partial charge in [0.15, 0.2) is 6.29 Å². The van der Waals surface area contributed by atoms with Gasteiger partial charge in [-0.2, -0.15) is 0 Å². The summed E-state index contributed by atoms with van der Waals surface area (Å²) in [5.41, 5.74) is 2.00. The van der Waals surface area contributed by atoms with Gasteiger partial charge in [0.2, 0.25) is 0 Å². The highest BCUT2D eigenvalue weighted by Crippen LogP contribution is 2.17. The molecule has 0 fully saturated rings. The second-order valence-electron chi connectivity index (χ2n) is 2.52. The van der Waals surface area contributed by atoms with E-state index in [1.807, 2.05) is 6.07 Å². The van der Waals surface area contributed by atoms with Crippen LogP contribution in [-0.4, -0.2) is 21.2 Å². The molecule has 0 aliphatic carbocycles. The molecule has 0 aliphatic rings. The molecule has 0 saturated carbocycles. The zero-order chi connectivity index (χ0) is 9.10. The predicted molar refractivity (Wildman–Crippen MR) is 47.2 cm³/mol. The third-order valence-electron chi connectivity index (χ3n) is 1.74. The van der Waals surface area contributed by atoms with Crippen LogP contribution in [0.4, 0.5) is 0 Å². The van der Waals surface area contributed by atoms with Crippen molar-refractivity contribution in [3.8, 4) is 11.3 Å². The summed E-state index contributed by atoms with van der Waals surface area (Å²) in [5.74, 6) is 0. The number of hydrogen-bond donors (Lipinski definition) is 1. The number of aromatic amines is 1. The van der Waals surface area contributed by atoms with Gasteiger partial charge < -0.3 is 4.98 Å². The van der Waals surface area contributed by atoms with Gasteiger partial charge >= 0.3 is 0 Å². The minimum atomic E-state index is 0.423. The molecule has 0 saturated heterocycles. The average Bonchev–Trinajstić information content (AvgIpc) is 2.70. The van der Waals surface area contributed by atoms with Crippen molar-refractivity contribution in [2.24, 2.45) is 0 Å². The Hall–Kier alpha value is -1.97. The lowest BCUT2D eigenvalue weighted by Gasteiger charge is -1.98. The van der Waals surface area contributed by atoms with Crippen molar-refractivity contribution >= 4 is 6.29 Å². The zero-order valence-corrected chi connectivity index (χ0v) is 6.77. The molecule has 1 N–H and O–H groups in total. The normalized spacial score (nSPS) is 9.85. The van der Waals surface area contributed by atoms with Gasteiger partial charge in [0, 0.05) is 11.8 Å². The molecule has 4 heteroatoms. The van der Waals surface area contributed by atoms with E-state index in [2.05, 4.69) is 15.0 Å². The Balaban J connectivity index is 2.57. The van der Waals surface area contributed by atoms with Crippen LogP contribution >= 0.6 is 0 Å². The third-order valence-corrected chi connectivity index (χ3v) is 1.74. The minimum Gasteiger partial charge on any atom is -0.345 e. The lowest BCUT2D eigenvalue weighted by atomic mass is 10.1. The van der Waals surface area contributed by atoms with Crippen molar-refractivity contribution in [3.05, 3.63) is 36.5 Å². The summed E-state index contributed by atoms with van der Waals surface area (Å²) in [7, 11) is 0. The zero-order valence-electron chi connectivity index (χ0n) is 6.77. The number of aldehydes is 1. The van der Waals surface area contributed by atoms with Gasteiger partial charge in [0.1, 0.15) is 5.69 Å². The van der Waals surface area contributed by atoms with Gasteiger partial charge in [0.05, 0.1) is 18.2 Å². The minimum absolute atomic E-state index is 0.423. The van der Waals surface area contributed by atoms with Crippen molar-refractivity contribution < 1.29 is 4.79 Å². The van der Waals surface area contributed by atoms with E-state index < -0.39 is 0 Å². The largest absolute Gasteiger partial charge is 0.345 e. The molecule has 4 nitrogen and oxygen atoms in total. The monoisotopic (exact) mass is 173 g/mol. The molecule has 2 aromatic rings. The number of aromatic nitrogens is 3. The van der Waals surface area contributed by atoms with Gasteiger partial charge in [-0.05, 0) is 12.1 Å².